The smallest absolute Gasteiger partial charge is 0.231 e. The lowest BCUT2D eigenvalue weighted by atomic mass is 10.1. The molecule has 0 atom stereocenters. The van der Waals surface area contributed by atoms with Crippen molar-refractivity contribution in [3.8, 4) is 11.5 Å². The van der Waals surface area contributed by atoms with Gasteiger partial charge in [-0.2, -0.15) is 0 Å². The van der Waals surface area contributed by atoms with Gasteiger partial charge >= 0.3 is 0 Å². The summed E-state index contributed by atoms with van der Waals surface area (Å²) >= 11 is 0. The van der Waals surface area contributed by atoms with Crippen LogP contribution in [0.5, 0.6) is 11.5 Å². The van der Waals surface area contributed by atoms with E-state index in [-0.39, 0.29) is 24.0 Å². The van der Waals surface area contributed by atoms with E-state index in [1.807, 2.05) is 18.2 Å². The second-order valence-corrected chi connectivity index (χ2v) is 6.12. The number of anilines is 1. The molecule has 1 heterocycles. The molecule has 0 aliphatic carbocycles. The van der Waals surface area contributed by atoms with Gasteiger partial charge in [0.2, 0.25) is 6.79 Å². The van der Waals surface area contributed by atoms with Crippen LogP contribution in [0.25, 0.3) is 0 Å². The van der Waals surface area contributed by atoms with Gasteiger partial charge in [-0.3, -0.25) is 4.99 Å². The molecule has 0 unspecified atom stereocenters. The fourth-order valence-corrected chi connectivity index (χ4v) is 2.80. The fraction of sp³-hybridized carbons (Fsp3) is 0.350. The van der Waals surface area contributed by atoms with E-state index in [0.29, 0.717) is 6.79 Å². The minimum absolute atomic E-state index is 0. The highest BCUT2D eigenvalue weighted by molar-refractivity contribution is 14.0. The van der Waals surface area contributed by atoms with Gasteiger partial charge in [-0.05, 0) is 36.2 Å². The molecule has 7 heteroatoms. The zero-order valence-corrected chi connectivity index (χ0v) is 18.1. The van der Waals surface area contributed by atoms with Crippen LogP contribution in [0.3, 0.4) is 0 Å². The minimum atomic E-state index is 0. The molecule has 0 amide bonds. The Hall–Kier alpha value is -2.16. The van der Waals surface area contributed by atoms with Gasteiger partial charge < -0.3 is 25.0 Å². The number of hydrogen-bond donors (Lipinski definition) is 2. The maximum Gasteiger partial charge on any atom is 0.231 e. The highest BCUT2D eigenvalue weighted by atomic mass is 127. The number of ether oxygens (including phenoxy) is 2. The number of para-hydroxylation sites is 1. The van der Waals surface area contributed by atoms with E-state index in [1.54, 1.807) is 7.05 Å². The SMILES string of the molecule is CN=C(NCCc1ccc2c(c1)OCO2)NCCN(C)c1ccccc1.I. The normalized spacial score (nSPS) is 12.3. The first-order valence-electron chi connectivity index (χ1n) is 8.85. The molecule has 2 aromatic carbocycles. The maximum atomic E-state index is 5.42. The molecule has 0 spiro atoms. The van der Waals surface area contributed by atoms with Crippen molar-refractivity contribution in [3.05, 3.63) is 54.1 Å². The standard InChI is InChI=1S/C20H26N4O2.HI/c1-21-20(23-12-13-24(2)17-6-4-3-5-7-17)22-11-10-16-8-9-18-19(14-16)26-15-25-18;/h3-9,14H,10-13,15H2,1-2H3,(H2,21,22,23);1H. The zero-order valence-electron chi connectivity index (χ0n) is 15.8. The largest absolute Gasteiger partial charge is 0.454 e. The molecule has 1 aliphatic rings. The van der Waals surface area contributed by atoms with Gasteiger partial charge in [-0.25, -0.2) is 0 Å². The summed E-state index contributed by atoms with van der Waals surface area (Å²) in [6, 6.07) is 16.4. The van der Waals surface area contributed by atoms with Crippen LogP contribution in [-0.4, -0.2) is 46.5 Å². The van der Waals surface area contributed by atoms with E-state index < -0.39 is 0 Å². The topological polar surface area (TPSA) is 58.1 Å². The number of aliphatic imine (C=N–C) groups is 1. The van der Waals surface area contributed by atoms with Crippen LogP contribution in [0.1, 0.15) is 5.56 Å². The third kappa shape index (κ3) is 6.20. The number of rotatable bonds is 7. The highest BCUT2D eigenvalue weighted by Crippen LogP contribution is 2.32. The first-order chi connectivity index (χ1) is 12.8. The Morgan fingerprint density at radius 2 is 1.78 bits per heavy atom. The number of hydrogen-bond acceptors (Lipinski definition) is 4. The second-order valence-electron chi connectivity index (χ2n) is 6.12. The first-order valence-corrected chi connectivity index (χ1v) is 8.85. The number of likely N-dealkylation sites (N-methyl/N-ethyl adjacent to an activating group) is 1. The zero-order chi connectivity index (χ0) is 18.2. The molecule has 0 aromatic heterocycles. The summed E-state index contributed by atoms with van der Waals surface area (Å²) in [6.07, 6.45) is 0.890. The van der Waals surface area contributed by atoms with E-state index in [0.717, 1.165) is 43.5 Å². The number of benzene rings is 2. The van der Waals surface area contributed by atoms with Gasteiger partial charge in [0, 0.05) is 39.4 Å². The van der Waals surface area contributed by atoms with Gasteiger partial charge in [0.1, 0.15) is 0 Å². The molecular weight excluding hydrogens is 455 g/mol. The summed E-state index contributed by atoms with van der Waals surface area (Å²) in [5, 5.41) is 6.70. The predicted molar refractivity (Wildman–Crippen MR) is 121 cm³/mol. The third-order valence-corrected chi connectivity index (χ3v) is 4.30. The van der Waals surface area contributed by atoms with Crippen molar-refractivity contribution < 1.29 is 9.47 Å². The Bertz CT molecular complexity index is 740. The molecule has 0 saturated heterocycles. The van der Waals surface area contributed by atoms with Crippen molar-refractivity contribution in [2.45, 2.75) is 6.42 Å². The fourth-order valence-electron chi connectivity index (χ4n) is 2.80. The van der Waals surface area contributed by atoms with Crippen molar-refractivity contribution in [2.75, 3.05) is 45.4 Å². The Balaban J connectivity index is 0.00000261. The summed E-state index contributed by atoms with van der Waals surface area (Å²) in [6.45, 7) is 2.82. The summed E-state index contributed by atoms with van der Waals surface area (Å²) in [4.78, 5) is 6.49. The van der Waals surface area contributed by atoms with Gasteiger partial charge in [0.05, 0.1) is 0 Å². The third-order valence-electron chi connectivity index (χ3n) is 4.30. The lowest BCUT2D eigenvalue weighted by Crippen LogP contribution is -2.41. The predicted octanol–water partition coefficient (Wildman–Crippen LogP) is 2.88. The van der Waals surface area contributed by atoms with Crippen molar-refractivity contribution in [1.29, 1.82) is 0 Å². The molecule has 6 nitrogen and oxygen atoms in total. The monoisotopic (exact) mass is 482 g/mol. The lowest BCUT2D eigenvalue weighted by Gasteiger charge is -2.20. The quantitative estimate of drug-likeness (QED) is 0.361. The Morgan fingerprint density at radius 3 is 2.56 bits per heavy atom. The van der Waals surface area contributed by atoms with Crippen LogP contribution < -0.4 is 25.0 Å². The van der Waals surface area contributed by atoms with Crippen molar-refractivity contribution in [2.24, 2.45) is 4.99 Å². The van der Waals surface area contributed by atoms with Crippen LogP contribution in [0.4, 0.5) is 5.69 Å². The van der Waals surface area contributed by atoms with E-state index in [4.69, 9.17) is 9.47 Å². The van der Waals surface area contributed by atoms with Crippen LogP contribution >= 0.6 is 24.0 Å². The maximum absolute atomic E-state index is 5.42. The van der Waals surface area contributed by atoms with Crippen LogP contribution in [0.15, 0.2) is 53.5 Å². The Kier molecular flexibility index (Phi) is 8.50. The molecule has 27 heavy (non-hydrogen) atoms. The second kappa shape index (κ2) is 10.9. The molecule has 0 fully saturated rings. The molecular formula is C20H27IN4O2. The lowest BCUT2D eigenvalue weighted by molar-refractivity contribution is 0.174. The molecule has 0 bridgehead atoms. The summed E-state index contributed by atoms with van der Waals surface area (Å²) in [5.41, 5.74) is 2.42. The molecule has 0 saturated carbocycles. The molecule has 2 aromatic rings. The number of guanidine groups is 1. The number of nitrogens with zero attached hydrogens (tertiary/aromatic N) is 2. The van der Waals surface area contributed by atoms with Crippen LogP contribution in [0, 0.1) is 0 Å². The van der Waals surface area contributed by atoms with Gasteiger partial charge in [0.25, 0.3) is 0 Å². The van der Waals surface area contributed by atoms with E-state index in [2.05, 4.69) is 57.9 Å². The number of nitrogens with one attached hydrogen (secondary N) is 2. The van der Waals surface area contributed by atoms with E-state index in [1.165, 1.54) is 11.3 Å². The molecule has 1 aliphatic heterocycles. The van der Waals surface area contributed by atoms with E-state index in [9.17, 15) is 0 Å². The average Bonchev–Trinajstić information content (AvgIpc) is 3.15. The van der Waals surface area contributed by atoms with Gasteiger partial charge in [-0.1, -0.05) is 24.3 Å². The molecule has 0 radical (unpaired) electrons. The minimum Gasteiger partial charge on any atom is -0.454 e. The van der Waals surface area contributed by atoms with Crippen LogP contribution in [0.2, 0.25) is 0 Å². The summed E-state index contributed by atoms with van der Waals surface area (Å²) in [7, 11) is 3.88. The van der Waals surface area contributed by atoms with E-state index >= 15 is 0 Å². The summed E-state index contributed by atoms with van der Waals surface area (Å²) in [5.74, 6) is 2.46. The van der Waals surface area contributed by atoms with Crippen molar-refractivity contribution >= 4 is 35.6 Å². The van der Waals surface area contributed by atoms with Gasteiger partial charge in [0.15, 0.2) is 17.5 Å². The van der Waals surface area contributed by atoms with Crippen molar-refractivity contribution in [3.63, 3.8) is 0 Å². The Morgan fingerprint density at radius 1 is 1.04 bits per heavy atom. The van der Waals surface area contributed by atoms with Gasteiger partial charge in [-0.15, -0.1) is 24.0 Å². The number of fused-ring (bicyclic) bond motifs is 1. The van der Waals surface area contributed by atoms with Crippen LogP contribution in [-0.2, 0) is 6.42 Å². The molecule has 3 rings (SSSR count). The Labute approximate surface area is 178 Å². The highest BCUT2D eigenvalue weighted by Gasteiger charge is 2.12. The molecule has 2 N–H and O–H groups in total. The van der Waals surface area contributed by atoms with Crippen molar-refractivity contribution in [1.82, 2.24) is 10.6 Å². The number of halogens is 1. The first kappa shape index (κ1) is 21.1. The average molecular weight is 482 g/mol. The summed E-state index contributed by atoms with van der Waals surface area (Å²) < 4.78 is 10.8. The molecule has 146 valence electrons.